The van der Waals surface area contributed by atoms with Gasteiger partial charge >= 0.3 is 0 Å². The van der Waals surface area contributed by atoms with Crippen molar-refractivity contribution in [1.82, 2.24) is 5.32 Å². The lowest BCUT2D eigenvalue weighted by atomic mass is 10.0. The first-order valence-electron chi connectivity index (χ1n) is 5.61. The van der Waals surface area contributed by atoms with Gasteiger partial charge in [-0.05, 0) is 42.3 Å². The van der Waals surface area contributed by atoms with Crippen molar-refractivity contribution >= 4 is 21.4 Å². The van der Waals surface area contributed by atoms with E-state index >= 15 is 0 Å². The van der Waals surface area contributed by atoms with Gasteiger partial charge in [0.1, 0.15) is 0 Å². The van der Waals surface area contributed by atoms with E-state index in [4.69, 9.17) is 5.11 Å². The van der Waals surface area contributed by atoms with Gasteiger partial charge in [-0.25, -0.2) is 0 Å². The normalized spacial score (nSPS) is 13.1. The number of nitrogens with one attached hydrogen (secondary N) is 1. The lowest BCUT2D eigenvalue weighted by Crippen LogP contribution is -2.16. The van der Waals surface area contributed by atoms with Gasteiger partial charge in [0.25, 0.3) is 0 Å². The van der Waals surface area contributed by atoms with Crippen LogP contribution in [0.5, 0.6) is 0 Å². The number of aliphatic hydroxyl groups excluding tert-OH is 1. The molecule has 1 atom stereocenters. The molecule has 2 N–H and O–H groups in total. The molecular formula is C13H17NOS. The molecule has 2 aromatic rings. The quantitative estimate of drug-likeness (QED) is 0.835. The SMILES string of the molecule is CNC(CCCO)c1csc2ccccc12. The van der Waals surface area contributed by atoms with Gasteiger partial charge in [0.15, 0.2) is 0 Å². The van der Waals surface area contributed by atoms with Crippen LogP contribution in [0.2, 0.25) is 0 Å². The molecule has 0 radical (unpaired) electrons. The summed E-state index contributed by atoms with van der Waals surface area (Å²) < 4.78 is 1.33. The summed E-state index contributed by atoms with van der Waals surface area (Å²) >= 11 is 1.79. The topological polar surface area (TPSA) is 32.3 Å². The maximum absolute atomic E-state index is 8.90. The molecule has 0 amide bonds. The minimum Gasteiger partial charge on any atom is -0.396 e. The van der Waals surface area contributed by atoms with Crippen LogP contribution in [-0.4, -0.2) is 18.8 Å². The van der Waals surface area contributed by atoms with Crippen LogP contribution in [0.1, 0.15) is 24.4 Å². The van der Waals surface area contributed by atoms with E-state index in [-0.39, 0.29) is 6.61 Å². The highest BCUT2D eigenvalue weighted by atomic mass is 32.1. The third kappa shape index (κ3) is 2.26. The standard InChI is InChI=1S/C13H17NOS/c1-14-12(6-4-8-15)11-9-16-13-7-3-2-5-10(11)13/h2-3,5,7,9,12,14-15H,4,6,8H2,1H3. The van der Waals surface area contributed by atoms with Crippen LogP contribution in [-0.2, 0) is 0 Å². The van der Waals surface area contributed by atoms with Crippen molar-refractivity contribution in [3.8, 4) is 0 Å². The minimum atomic E-state index is 0.264. The highest BCUT2D eigenvalue weighted by molar-refractivity contribution is 7.17. The third-order valence-electron chi connectivity index (χ3n) is 2.89. The Balaban J connectivity index is 2.30. The average Bonchev–Trinajstić information content (AvgIpc) is 2.75. The fourth-order valence-electron chi connectivity index (χ4n) is 2.02. The first-order chi connectivity index (χ1) is 7.86. The molecule has 0 saturated carbocycles. The molecule has 86 valence electrons. The third-order valence-corrected chi connectivity index (χ3v) is 3.87. The van der Waals surface area contributed by atoms with Gasteiger partial charge in [-0.3, -0.25) is 0 Å². The van der Waals surface area contributed by atoms with Crippen LogP contribution < -0.4 is 5.32 Å². The summed E-state index contributed by atoms with van der Waals surface area (Å²) in [6.45, 7) is 0.264. The molecule has 1 unspecified atom stereocenters. The second-order valence-electron chi connectivity index (χ2n) is 3.89. The Labute approximate surface area is 99.9 Å². The smallest absolute Gasteiger partial charge is 0.0431 e. The first-order valence-corrected chi connectivity index (χ1v) is 6.49. The van der Waals surface area contributed by atoms with E-state index in [1.54, 1.807) is 11.3 Å². The van der Waals surface area contributed by atoms with Crippen molar-refractivity contribution in [2.45, 2.75) is 18.9 Å². The minimum absolute atomic E-state index is 0.264. The zero-order valence-electron chi connectivity index (χ0n) is 9.44. The van der Waals surface area contributed by atoms with Gasteiger partial charge in [0.05, 0.1) is 0 Å². The Bertz CT molecular complexity index is 452. The van der Waals surface area contributed by atoms with E-state index < -0.39 is 0 Å². The predicted octanol–water partition coefficient (Wildman–Crippen LogP) is 2.93. The second-order valence-corrected chi connectivity index (χ2v) is 4.81. The molecule has 0 spiro atoms. The number of hydrogen-bond acceptors (Lipinski definition) is 3. The Morgan fingerprint density at radius 2 is 2.19 bits per heavy atom. The summed E-state index contributed by atoms with van der Waals surface area (Å²) in [6, 6.07) is 8.83. The lowest BCUT2D eigenvalue weighted by molar-refractivity contribution is 0.277. The fraction of sp³-hybridized carbons (Fsp3) is 0.385. The molecule has 0 bridgehead atoms. The Kier molecular flexibility index (Phi) is 3.93. The zero-order valence-corrected chi connectivity index (χ0v) is 10.3. The maximum Gasteiger partial charge on any atom is 0.0431 e. The molecule has 1 heterocycles. The fourth-order valence-corrected chi connectivity index (χ4v) is 3.03. The van der Waals surface area contributed by atoms with E-state index in [1.165, 1.54) is 15.6 Å². The molecule has 16 heavy (non-hydrogen) atoms. The number of fused-ring (bicyclic) bond motifs is 1. The van der Waals surface area contributed by atoms with Gasteiger partial charge in [-0.1, -0.05) is 18.2 Å². The van der Waals surface area contributed by atoms with Crippen LogP contribution in [0, 0.1) is 0 Å². The van der Waals surface area contributed by atoms with E-state index in [0.717, 1.165) is 12.8 Å². The molecule has 1 aromatic carbocycles. The first kappa shape index (κ1) is 11.6. The van der Waals surface area contributed by atoms with E-state index in [9.17, 15) is 0 Å². The molecule has 0 aliphatic rings. The zero-order chi connectivity index (χ0) is 11.4. The van der Waals surface area contributed by atoms with Crippen LogP contribution in [0.25, 0.3) is 10.1 Å². The number of hydrogen-bond donors (Lipinski definition) is 2. The molecule has 0 saturated heterocycles. The summed E-state index contributed by atoms with van der Waals surface area (Å²) in [5.41, 5.74) is 1.36. The molecule has 0 fully saturated rings. The number of benzene rings is 1. The van der Waals surface area contributed by atoms with Crippen molar-refractivity contribution in [3.63, 3.8) is 0 Å². The number of thiophene rings is 1. The van der Waals surface area contributed by atoms with E-state index in [0.29, 0.717) is 6.04 Å². The summed E-state index contributed by atoms with van der Waals surface area (Å²) in [7, 11) is 1.98. The Morgan fingerprint density at radius 3 is 2.94 bits per heavy atom. The van der Waals surface area contributed by atoms with Crippen molar-refractivity contribution in [2.75, 3.05) is 13.7 Å². The van der Waals surface area contributed by atoms with Gasteiger partial charge in [0, 0.05) is 17.3 Å². The molecule has 3 heteroatoms. The largest absolute Gasteiger partial charge is 0.396 e. The lowest BCUT2D eigenvalue weighted by Gasteiger charge is -2.14. The monoisotopic (exact) mass is 235 g/mol. The molecule has 2 nitrogen and oxygen atoms in total. The highest BCUT2D eigenvalue weighted by Gasteiger charge is 2.13. The van der Waals surface area contributed by atoms with E-state index in [2.05, 4.69) is 35.0 Å². The van der Waals surface area contributed by atoms with Crippen molar-refractivity contribution < 1.29 is 5.11 Å². The van der Waals surface area contributed by atoms with Gasteiger partial charge in [-0.2, -0.15) is 0 Å². The predicted molar refractivity (Wildman–Crippen MR) is 69.9 cm³/mol. The summed E-state index contributed by atoms with van der Waals surface area (Å²) in [6.07, 6.45) is 1.82. The molecule has 2 rings (SSSR count). The molecule has 1 aromatic heterocycles. The van der Waals surface area contributed by atoms with E-state index in [1.807, 2.05) is 7.05 Å². The Morgan fingerprint density at radius 1 is 1.38 bits per heavy atom. The summed E-state index contributed by atoms with van der Waals surface area (Å²) in [4.78, 5) is 0. The van der Waals surface area contributed by atoms with Crippen molar-refractivity contribution in [2.24, 2.45) is 0 Å². The summed E-state index contributed by atoms with van der Waals surface area (Å²) in [5, 5.41) is 15.8. The van der Waals surface area contributed by atoms with Crippen molar-refractivity contribution in [1.29, 1.82) is 0 Å². The van der Waals surface area contributed by atoms with Crippen LogP contribution in [0.15, 0.2) is 29.6 Å². The van der Waals surface area contributed by atoms with Crippen molar-refractivity contribution in [3.05, 3.63) is 35.2 Å². The average molecular weight is 235 g/mol. The van der Waals surface area contributed by atoms with Gasteiger partial charge in [-0.15, -0.1) is 11.3 Å². The summed E-state index contributed by atoms with van der Waals surface area (Å²) in [5.74, 6) is 0. The van der Waals surface area contributed by atoms with Crippen LogP contribution in [0.3, 0.4) is 0 Å². The Hall–Kier alpha value is -0.900. The van der Waals surface area contributed by atoms with Gasteiger partial charge in [0.2, 0.25) is 0 Å². The molecule has 0 aliphatic heterocycles. The van der Waals surface area contributed by atoms with Gasteiger partial charge < -0.3 is 10.4 Å². The number of rotatable bonds is 5. The second kappa shape index (κ2) is 5.43. The number of aliphatic hydroxyl groups is 1. The van der Waals surface area contributed by atoms with Crippen LogP contribution in [0.4, 0.5) is 0 Å². The highest BCUT2D eigenvalue weighted by Crippen LogP contribution is 2.31. The van der Waals surface area contributed by atoms with Crippen LogP contribution >= 0.6 is 11.3 Å². The molecule has 0 aliphatic carbocycles. The maximum atomic E-state index is 8.90. The molecular weight excluding hydrogens is 218 g/mol.